The quantitative estimate of drug-likeness (QED) is 0.360. The minimum atomic E-state index is -0.533. The summed E-state index contributed by atoms with van der Waals surface area (Å²) in [5.74, 6) is 0.112. The molecular formula is C17H15N3O3S2. The van der Waals surface area contributed by atoms with Gasteiger partial charge >= 0.3 is 5.97 Å². The Kier molecular flexibility index (Phi) is 5.62. The van der Waals surface area contributed by atoms with Crippen molar-refractivity contribution < 1.29 is 14.3 Å². The zero-order chi connectivity index (χ0) is 17.6. The number of hydrogen-bond donors (Lipinski definition) is 0. The van der Waals surface area contributed by atoms with Gasteiger partial charge in [0.05, 0.1) is 17.7 Å². The Morgan fingerprint density at radius 1 is 1.16 bits per heavy atom. The fourth-order valence-electron chi connectivity index (χ4n) is 2.17. The van der Waals surface area contributed by atoms with Crippen LogP contribution in [0.15, 0.2) is 53.0 Å². The van der Waals surface area contributed by atoms with E-state index in [1.54, 1.807) is 11.3 Å². The third-order valence-corrected chi connectivity index (χ3v) is 5.18. The van der Waals surface area contributed by atoms with Gasteiger partial charge in [0, 0.05) is 5.69 Å². The van der Waals surface area contributed by atoms with Crippen LogP contribution in [-0.4, -0.2) is 39.4 Å². The minimum absolute atomic E-state index is 0.129. The van der Waals surface area contributed by atoms with Crippen LogP contribution in [0.2, 0.25) is 0 Å². The molecule has 0 atom stereocenters. The monoisotopic (exact) mass is 373 g/mol. The summed E-state index contributed by atoms with van der Waals surface area (Å²) in [6.45, 7) is 0. The van der Waals surface area contributed by atoms with Crippen LogP contribution >= 0.6 is 23.1 Å². The lowest BCUT2D eigenvalue weighted by molar-refractivity contribution is -0.142. The summed E-state index contributed by atoms with van der Waals surface area (Å²) >= 11 is 2.83. The molecule has 25 heavy (non-hydrogen) atoms. The first-order valence-corrected chi connectivity index (χ1v) is 9.31. The topological polar surface area (TPSA) is 74.1 Å². The molecule has 3 rings (SSSR count). The number of hydrogen-bond acceptors (Lipinski definition) is 7. The van der Waals surface area contributed by atoms with E-state index in [0.717, 1.165) is 16.4 Å². The number of ketones is 1. The van der Waals surface area contributed by atoms with Gasteiger partial charge in [-0.3, -0.25) is 14.2 Å². The number of ether oxygens (including phenoxy) is 1. The smallest absolute Gasteiger partial charge is 0.313 e. The van der Waals surface area contributed by atoms with Crippen LogP contribution in [0.4, 0.5) is 0 Å². The molecule has 1 aromatic carbocycles. The average molecular weight is 373 g/mol. The van der Waals surface area contributed by atoms with Crippen molar-refractivity contribution in [2.75, 3.05) is 12.9 Å². The number of thioether (sulfide) groups is 1. The van der Waals surface area contributed by atoms with Gasteiger partial charge in [0.25, 0.3) is 0 Å². The molecule has 8 heteroatoms. The average Bonchev–Trinajstić information content (AvgIpc) is 3.29. The Hall–Kier alpha value is -2.45. The Labute approximate surface area is 152 Å². The lowest BCUT2D eigenvalue weighted by Gasteiger charge is -2.09. The van der Waals surface area contributed by atoms with Crippen LogP contribution in [0.25, 0.3) is 16.4 Å². The summed E-state index contributed by atoms with van der Waals surface area (Å²) in [5, 5.41) is 11.1. The Balaban J connectivity index is 1.87. The number of rotatable bonds is 7. The number of carbonyl (C=O) groups is 2. The largest absolute Gasteiger partial charge is 0.469 e. The number of Topliss-reactive ketones (excluding diaryl/α,β-unsaturated/α-hetero) is 1. The molecule has 0 radical (unpaired) electrons. The molecule has 0 saturated heterocycles. The van der Waals surface area contributed by atoms with E-state index in [1.165, 1.54) is 18.9 Å². The highest BCUT2D eigenvalue weighted by Crippen LogP contribution is 2.30. The van der Waals surface area contributed by atoms with Crippen LogP contribution in [0.3, 0.4) is 0 Å². The number of carbonyl (C=O) groups excluding carboxylic acids is 2. The number of para-hydroxylation sites is 1. The van der Waals surface area contributed by atoms with E-state index in [4.69, 9.17) is 0 Å². The summed E-state index contributed by atoms with van der Waals surface area (Å²) in [6.07, 6.45) is -0.235. The van der Waals surface area contributed by atoms with Gasteiger partial charge < -0.3 is 4.74 Å². The molecule has 2 heterocycles. The molecule has 0 aliphatic rings. The van der Waals surface area contributed by atoms with Crippen molar-refractivity contribution in [2.24, 2.45) is 0 Å². The second-order valence-electron chi connectivity index (χ2n) is 5.03. The number of thiophene rings is 1. The molecule has 0 amide bonds. The maximum atomic E-state index is 11.9. The predicted octanol–water partition coefficient (Wildman–Crippen LogP) is 3.22. The summed E-state index contributed by atoms with van der Waals surface area (Å²) in [4.78, 5) is 24.1. The van der Waals surface area contributed by atoms with Crippen molar-refractivity contribution in [3.63, 3.8) is 0 Å². The molecule has 0 saturated carbocycles. The van der Waals surface area contributed by atoms with E-state index in [2.05, 4.69) is 14.9 Å². The number of benzene rings is 1. The zero-order valence-corrected chi connectivity index (χ0v) is 15.0. The molecule has 0 N–H and O–H groups in total. The fourth-order valence-corrected chi connectivity index (χ4v) is 3.68. The van der Waals surface area contributed by atoms with Gasteiger partial charge in [0.15, 0.2) is 16.8 Å². The Morgan fingerprint density at radius 3 is 2.64 bits per heavy atom. The normalized spacial score (nSPS) is 10.6. The molecule has 0 fully saturated rings. The first-order chi connectivity index (χ1) is 12.2. The third kappa shape index (κ3) is 4.15. The van der Waals surface area contributed by atoms with Crippen molar-refractivity contribution in [3.8, 4) is 16.4 Å². The van der Waals surface area contributed by atoms with E-state index in [0.29, 0.717) is 5.16 Å². The first-order valence-electron chi connectivity index (χ1n) is 7.45. The summed E-state index contributed by atoms with van der Waals surface area (Å²) in [7, 11) is 1.27. The highest BCUT2D eigenvalue weighted by molar-refractivity contribution is 7.99. The van der Waals surface area contributed by atoms with Crippen molar-refractivity contribution in [1.29, 1.82) is 0 Å². The molecular weight excluding hydrogens is 358 g/mol. The summed E-state index contributed by atoms with van der Waals surface area (Å²) < 4.78 is 6.44. The van der Waals surface area contributed by atoms with Gasteiger partial charge in [-0.25, -0.2) is 0 Å². The molecule has 3 aromatic rings. The van der Waals surface area contributed by atoms with E-state index in [9.17, 15) is 9.59 Å². The van der Waals surface area contributed by atoms with Gasteiger partial charge in [-0.15, -0.1) is 21.5 Å². The second-order valence-corrected chi connectivity index (χ2v) is 6.92. The van der Waals surface area contributed by atoms with Gasteiger partial charge in [0.2, 0.25) is 0 Å². The number of esters is 1. The number of nitrogens with zero attached hydrogens (tertiary/aromatic N) is 3. The zero-order valence-electron chi connectivity index (χ0n) is 13.4. The predicted molar refractivity (Wildman–Crippen MR) is 97.0 cm³/mol. The van der Waals surface area contributed by atoms with Gasteiger partial charge in [-0.1, -0.05) is 36.0 Å². The standard InChI is InChI=1S/C17H15N3O3S2/c1-23-15(22)10-13(21)11-25-17-19-18-16(14-8-5-9-24-14)20(17)12-6-3-2-4-7-12/h2-9H,10-11H2,1H3. The molecule has 128 valence electrons. The highest BCUT2D eigenvalue weighted by Gasteiger charge is 2.18. The second kappa shape index (κ2) is 8.09. The third-order valence-electron chi connectivity index (χ3n) is 3.32. The van der Waals surface area contributed by atoms with Gasteiger partial charge in [-0.2, -0.15) is 0 Å². The highest BCUT2D eigenvalue weighted by atomic mass is 32.2. The van der Waals surface area contributed by atoms with Gasteiger partial charge in [-0.05, 0) is 23.6 Å². The van der Waals surface area contributed by atoms with E-state index >= 15 is 0 Å². The summed E-state index contributed by atoms with van der Waals surface area (Å²) in [6, 6.07) is 13.7. The van der Waals surface area contributed by atoms with Crippen LogP contribution in [-0.2, 0) is 14.3 Å². The molecule has 0 aliphatic heterocycles. The van der Waals surface area contributed by atoms with Crippen molar-refractivity contribution in [1.82, 2.24) is 14.8 Å². The first kappa shape index (κ1) is 17.4. The molecule has 0 spiro atoms. The molecule has 6 nitrogen and oxygen atoms in total. The lowest BCUT2D eigenvalue weighted by Crippen LogP contribution is -2.11. The van der Waals surface area contributed by atoms with Gasteiger partial charge in [0.1, 0.15) is 6.42 Å². The van der Waals surface area contributed by atoms with E-state index in [-0.39, 0.29) is 18.0 Å². The maximum Gasteiger partial charge on any atom is 0.313 e. The molecule has 2 aromatic heterocycles. The van der Waals surface area contributed by atoms with Crippen molar-refractivity contribution >= 4 is 34.9 Å². The van der Waals surface area contributed by atoms with Crippen LogP contribution in [0, 0.1) is 0 Å². The number of aromatic nitrogens is 3. The molecule has 0 unspecified atom stereocenters. The lowest BCUT2D eigenvalue weighted by atomic mass is 10.3. The minimum Gasteiger partial charge on any atom is -0.469 e. The fraction of sp³-hybridized carbons (Fsp3) is 0.176. The summed E-state index contributed by atoms with van der Waals surface area (Å²) in [5.41, 5.74) is 0.916. The Bertz CT molecular complexity index is 861. The molecule has 0 bridgehead atoms. The van der Waals surface area contributed by atoms with Crippen LogP contribution in [0.1, 0.15) is 6.42 Å². The number of methoxy groups -OCH3 is 1. The van der Waals surface area contributed by atoms with Crippen molar-refractivity contribution in [2.45, 2.75) is 11.6 Å². The van der Waals surface area contributed by atoms with Crippen LogP contribution < -0.4 is 0 Å². The Morgan fingerprint density at radius 2 is 1.96 bits per heavy atom. The van der Waals surface area contributed by atoms with E-state index < -0.39 is 5.97 Å². The maximum absolute atomic E-state index is 11.9. The SMILES string of the molecule is COC(=O)CC(=O)CSc1nnc(-c2cccs2)n1-c1ccccc1. The van der Waals surface area contributed by atoms with E-state index in [1.807, 2.05) is 52.4 Å². The van der Waals surface area contributed by atoms with Crippen molar-refractivity contribution in [3.05, 3.63) is 47.8 Å². The van der Waals surface area contributed by atoms with Crippen LogP contribution in [0.5, 0.6) is 0 Å². The molecule has 0 aliphatic carbocycles.